The van der Waals surface area contributed by atoms with E-state index in [0.717, 1.165) is 108 Å². The summed E-state index contributed by atoms with van der Waals surface area (Å²) in [4.78, 5) is 73.3. The second-order valence-electron chi connectivity index (χ2n) is 32.8. The number of hydrogen-bond acceptors (Lipinski definition) is 15. The number of rotatable bonds is 86. The molecule has 0 aliphatic heterocycles. The van der Waals surface area contributed by atoms with Gasteiger partial charge in [-0.05, 0) is 43.4 Å². The Labute approximate surface area is 658 Å². The van der Waals surface area contributed by atoms with Gasteiger partial charge < -0.3 is 33.8 Å². The summed E-state index contributed by atoms with van der Waals surface area (Å²) >= 11 is 0. The minimum absolute atomic E-state index is 0.107. The normalized spacial score (nSPS) is 14.1. The van der Waals surface area contributed by atoms with E-state index in [9.17, 15) is 43.2 Å². The molecule has 0 aliphatic carbocycles. The van der Waals surface area contributed by atoms with Gasteiger partial charge in [0, 0.05) is 25.7 Å². The maximum absolute atomic E-state index is 13.2. The zero-order valence-corrected chi connectivity index (χ0v) is 72.4. The Bertz CT molecular complexity index is 2060. The van der Waals surface area contributed by atoms with Gasteiger partial charge in [0.05, 0.1) is 26.4 Å². The van der Waals surface area contributed by atoms with Gasteiger partial charge >= 0.3 is 39.5 Å². The molecule has 0 spiro atoms. The van der Waals surface area contributed by atoms with Crippen molar-refractivity contribution in [2.45, 2.75) is 484 Å². The number of esters is 4. The number of phosphoric ester groups is 2. The van der Waals surface area contributed by atoms with E-state index in [1.165, 1.54) is 276 Å². The largest absolute Gasteiger partial charge is 0.472 e. The number of aliphatic hydroxyl groups excluding tert-OH is 1. The van der Waals surface area contributed by atoms with E-state index < -0.39 is 97.5 Å². The molecule has 107 heavy (non-hydrogen) atoms. The number of aliphatic hydroxyl groups is 1. The van der Waals surface area contributed by atoms with Crippen LogP contribution < -0.4 is 0 Å². The molecule has 0 saturated carbocycles. The Kier molecular flexibility index (Phi) is 76.6. The monoisotopic (exact) mass is 1560 g/mol. The molecule has 3 N–H and O–H groups in total. The number of phosphoric acid groups is 2. The molecule has 0 amide bonds. The molecule has 0 radical (unpaired) electrons. The molecule has 0 heterocycles. The molecule has 0 saturated heterocycles. The highest BCUT2D eigenvalue weighted by molar-refractivity contribution is 7.47. The number of unbranched alkanes of at least 4 members (excludes halogenated alkanes) is 53. The Morgan fingerprint density at radius 1 is 0.271 bits per heavy atom. The van der Waals surface area contributed by atoms with Crippen molar-refractivity contribution in [2.24, 2.45) is 17.8 Å². The highest BCUT2D eigenvalue weighted by Gasteiger charge is 2.31. The second kappa shape index (κ2) is 78.0. The molecule has 0 rings (SSSR count). The Hall–Kier alpha value is -1.94. The SMILES string of the molecule is CCCCCCCCCCCCCCC(=O)OC[C@H](COP(=O)(O)OC[C@H](O)COP(=O)(O)OC[C@@H](COC(=O)CCCCCCCCCCCCCCCCCCC(C)C)OC(=O)CCCCCCCCCCCCCCCCCCCCC(C)CC)OC(=O)CCCCCCCCCCCCCC(C)C. The number of ether oxygens (including phenoxy) is 4. The molecular weight excluding hydrogens is 1390 g/mol. The van der Waals surface area contributed by atoms with Crippen molar-refractivity contribution in [3.63, 3.8) is 0 Å². The highest BCUT2D eigenvalue weighted by Crippen LogP contribution is 2.45. The molecule has 0 aromatic heterocycles. The Morgan fingerprint density at radius 2 is 0.477 bits per heavy atom. The Balaban J connectivity index is 5.24. The Morgan fingerprint density at radius 3 is 0.710 bits per heavy atom. The van der Waals surface area contributed by atoms with Crippen LogP contribution in [0.2, 0.25) is 0 Å². The van der Waals surface area contributed by atoms with E-state index in [0.29, 0.717) is 25.7 Å². The van der Waals surface area contributed by atoms with Gasteiger partial charge in [0.25, 0.3) is 0 Å². The van der Waals surface area contributed by atoms with Crippen LogP contribution in [-0.4, -0.2) is 96.7 Å². The van der Waals surface area contributed by atoms with Crippen LogP contribution >= 0.6 is 15.6 Å². The molecule has 0 aromatic carbocycles. The van der Waals surface area contributed by atoms with Gasteiger partial charge in [0.2, 0.25) is 0 Å². The fourth-order valence-electron chi connectivity index (χ4n) is 13.7. The molecule has 0 fully saturated rings. The third-order valence-corrected chi connectivity index (χ3v) is 22.9. The van der Waals surface area contributed by atoms with Crippen molar-refractivity contribution in [3.8, 4) is 0 Å². The predicted molar refractivity (Wildman–Crippen MR) is 441 cm³/mol. The van der Waals surface area contributed by atoms with Crippen LogP contribution in [-0.2, 0) is 65.4 Å². The van der Waals surface area contributed by atoms with Crippen LogP contribution in [0, 0.1) is 17.8 Å². The highest BCUT2D eigenvalue weighted by atomic mass is 31.2. The van der Waals surface area contributed by atoms with Crippen molar-refractivity contribution in [1.82, 2.24) is 0 Å². The molecule has 636 valence electrons. The zero-order chi connectivity index (χ0) is 78.6. The van der Waals surface area contributed by atoms with Crippen LogP contribution in [0.4, 0.5) is 0 Å². The van der Waals surface area contributed by atoms with Gasteiger partial charge in [0.1, 0.15) is 19.3 Å². The van der Waals surface area contributed by atoms with Crippen LogP contribution in [0.1, 0.15) is 466 Å². The third-order valence-electron chi connectivity index (χ3n) is 21.0. The summed E-state index contributed by atoms with van der Waals surface area (Å²) < 4.78 is 69.0. The summed E-state index contributed by atoms with van der Waals surface area (Å²) in [5.41, 5.74) is 0. The molecule has 0 aromatic rings. The van der Waals surface area contributed by atoms with Crippen LogP contribution in [0.3, 0.4) is 0 Å². The van der Waals surface area contributed by atoms with Gasteiger partial charge in [0.15, 0.2) is 12.2 Å². The van der Waals surface area contributed by atoms with Crippen molar-refractivity contribution >= 4 is 39.5 Å². The first-order valence-corrected chi connectivity index (χ1v) is 48.4. The van der Waals surface area contributed by atoms with Crippen LogP contribution in [0.15, 0.2) is 0 Å². The minimum Gasteiger partial charge on any atom is -0.462 e. The molecule has 19 heteroatoms. The number of carbonyl (C=O) groups is 4. The maximum Gasteiger partial charge on any atom is 0.472 e. The number of hydrogen-bond donors (Lipinski definition) is 3. The summed E-state index contributed by atoms with van der Waals surface area (Å²) in [6, 6.07) is 0. The summed E-state index contributed by atoms with van der Waals surface area (Å²) in [6.45, 7) is 12.1. The average molecular weight is 1560 g/mol. The van der Waals surface area contributed by atoms with Crippen LogP contribution in [0.5, 0.6) is 0 Å². The first kappa shape index (κ1) is 105. The lowest BCUT2D eigenvalue weighted by Crippen LogP contribution is -2.30. The summed E-state index contributed by atoms with van der Waals surface area (Å²) in [6.07, 6.45) is 69.3. The quantitative estimate of drug-likeness (QED) is 0.0222. The van der Waals surface area contributed by atoms with Crippen LogP contribution in [0.25, 0.3) is 0 Å². The summed E-state index contributed by atoms with van der Waals surface area (Å²) in [5.74, 6) is 0.348. The van der Waals surface area contributed by atoms with E-state index >= 15 is 0 Å². The third kappa shape index (κ3) is 80.5. The van der Waals surface area contributed by atoms with E-state index in [1.54, 1.807) is 0 Å². The lowest BCUT2D eigenvalue weighted by molar-refractivity contribution is -0.161. The fourth-order valence-corrected chi connectivity index (χ4v) is 15.3. The molecule has 6 atom stereocenters. The molecule has 0 aliphatic rings. The molecular formula is C88H172O17P2. The van der Waals surface area contributed by atoms with E-state index in [1.807, 2.05) is 0 Å². The van der Waals surface area contributed by atoms with E-state index in [4.69, 9.17) is 37.0 Å². The second-order valence-corrected chi connectivity index (χ2v) is 35.7. The number of carbonyl (C=O) groups excluding carboxylic acids is 4. The van der Waals surface area contributed by atoms with Crippen molar-refractivity contribution in [3.05, 3.63) is 0 Å². The molecule has 0 bridgehead atoms. The standard InChI is InChI=1S/C88H172O17P2/c1-8-10-11-12-13-14-15-34-41-48-55-62-69-85(90)98-75-84(105-88(93)72-65-58-51-44-37-30-32-39-46-53-60-67-80(5)6)78-103-107(96,97)101-74-82(89)73-100-106(94,95)102-77-83(76-99-86(91)70-63-56-49-42-35-28-24-21-20-22-26-31-38-45-52-59-66-79(3)4)104-87(92)71-64-57-50-43-36-29-25-19-17-16-18-23-27-33-40-47-54-61-68-81(7)9-2/h79-84,89H,8-78H2,1-7H3,(H,94,95)(H,96,97)/t81?,82-,83-,84-/m1/s1. The van der Waals surface area contributed by atoms with Gasteiger partial charge in [-0.3, -0.25) is 37.3 Å². The maximum atomic E-state index is 13.2. The summed E-state index contributed by atoms with van der Waals surface area (Å²) in [7, 11) is -9.93. The van der Waals surface area contributed by atoms with Gasteiger partial charge in [-0.25, -0.2) is 9.13 Å². The van der Waals surface area contributed by atoms with Crippen molar-refractivity contribution in [1.29, 1.82) is 0 Å². The topological polar surface area (TPSA) is 237 Å². The minimum atomic E-state index is -4.97. The fraction of sp³-hybridized carbons (Fsp3) is 0.955. The smallest absolute Gasteiger partial charge is 0.462 e. The van der Waals surface area contributed by atoms with Crippen molar-refractivity contribution < 1.29 is 80.2 Å². The molecule has 17 nitrogen and oxygen atoms in total. The zero-order valence-electron chi connectivity index (χ0n) is 70.6. The first-order chi connectivity index (χ1) is 51.8. The van der Waals surface area contributed by atoms with E-state index in [2.05, 4.69) is 48.5 Å². The summed E-state index contributed by atoms with van der Waals surface area (Å²) in [5, 5.41) is 10.7. The lowest BCUT2D eigenvalue weighted by Gasteiger charge is -2.21. The molecule has 3 unspecified atom stereocenters. The van der Waals surface area contributed by atoms with Gasteiger partial charge in [-0.1, -0.05) is 414 Å². The average Bonchev–Trinajstić information content (AvgIpc) is 0.916. The van der Waals surface area contributed by atoms with E-state index in [-0.39, 0.29) is 25.7 Å². The first-order valence-electron chi connectivity index (χ1n) is 45.4. The van der Waals surface area contributed by atoms with Gasteiger partial charge in [-0.2, -0.15) is 0 Å². The van der Waals surface area contributed by atoms with Crippen molar-refractivity contribution in [2.75, 3.05) is 39.6 Å². The lowest BCUT2D eigenvalue weighted by atomic mass is 9.99. The predicted octanol–water partition coefficient (Wildman–Crippen LogP) is 26.9. The van der Waals surface area contributed by atoms with Gasteiger partial charge in [-0.15, -0.1) is 0 Å².